The number of nitrogens with zero attached hydrogens (tertiary/aromatic N) is 2. The van der Waals surface area contributed by atoms with Crippen molar-refractivity contribution in [1.29, 1.82) is 0 Å². The van der Waals surface area contributed by atoms with Gasteiger partial charge in [0.1, 0.15) is 0 Å². The van der Waals surface area contributed by atoms with Crippen LogP contribution in [0.15, 0.2) is 4.99 Å². The van der Waals surface area contributed by atoms with Crippen LogP contribution in [-0.2, 0) is 4.79 Å². The molecule has 20 heavy (non-hydrogen) atoms. The van der Waals surface area contributed by atoms with Crippen molar-refractivity contribution in [1.82, 2.24) is 15.5 Å². The highest BCUT2D eigenvalue weighted by atomic mass is 127. The molecule has 0 heterocycles. The molecule has 6 heteroatoms. The number of rotatable bonds is 5. The van der Waals surface area contributed by atoms with Crippen molar-refractivity contribution in [2.75, 3.05) is 34.2 Å². The van der Waals surface area contributed by atoms with Crippen LogP contribution in [-0.4, -0.2) is 51.0 Å². The first-order valence-electron chi connectivity index (χ1n) is 7.22. The molecule has 1 amide bonds. The minimum atomic E-state index is -0.243. The molecule has 1 rings (SSSR count). The maximum Gasteiger partial charge on any atom is 0.230 e. The van der Waals surface area contributed by atoms with Gasteiger partial charge in [-0.2, -0.15) is 0 Å². The molecule has 1 aliphatic rings. The Morgan fingerprint density at radius 1 is 1.25 bits per heavy atom. The van der Waals surface area contributed by atoms with Crippen molar-refractivity contribution in [3.63, 3.8) is 0 Å². The molecule has 118 valence electrons. The van der Waals surface area contributed by atoms with Crippen molar-refractivity contribution in [2.24, 2.45) is 10.4 Å². The second kappa shape index (κ2) is 9.41. The fraction of sp³-hybridized carbons (Fsp3) is 0.857. The Hall–Kier alpha value is -0.530. The lowest BCUT2D eigenvalue weighted by molar-refractivity contribution is -0.138. The summed E-state index contributed by atoms with van der Waals surface area (Å²) in [6.07, 6.45) is 5.29. The molecule has 0 aromatic rings. The number of nitrogens with one attached hydrogen (secondary N) is 2. The summed E-state index contributed by atoms with van der Waals surface area (Å²) < 4.78 is 0. The average Bonchev–Trinajstić information content (AvgIpc) is 2.88. The van der Waals surface area contributed by atoms with Gasteiger partial charge in [-0.1, -0.05) is 19.8 Å². The molecule has 0 unspecified atom stereocenters. The van der Waals surface area contributed by atoms with Crippen LogP contribution in [0.25, 0.3) is 0 Å². The van der Waals surface area contributed by atoms with E-state index in [4.69, 9.17) is 0 Å². The number of guanidine groups is 1. The monoisotopic (exact) mass is 396 g/mol. The number of hydrogen-bond acceptors (Lipinski definition) is 2. The fourth-order valence-corrected chi connectivity index (χ4v) is 2.71. The van der Waals surface area contributed by atoms with Crippen LogP contribution in [0.5, 0.6) is 0 Å². The van der Waals surface area contributed by atoms with Crippen LogP contribution in [0.3, 0.4) is 0 Å². The van der Waals surface area contributed by atoms with Gasteiger partial charge in [-0.3, -0.25) is 9.79 Å². The van der Waals surface area contributed by atoms with Crippen LogP contribution in [0.1, 0.15) is 39.0 Å². The molecule has 0 aromatic heterocycles. The molecule has 1 fully saturated rings. The molecule has 0 radical (unpaired) electrons. The summed E-state index contributed by atoms with van der Waals surface area (Å²) in [7, 11) is 5.44. The van der Waals surface area contributed by atoms with E-state index in [9.17, 15) is 4.79 Å². The smallest absolute Gasteiger partial charge is 0.230 e. The van der Waals surface area contributed by atoms with Gasteiger partial charge in [-0.05, 0) is 19.3 Å². The van der Waals surface area contributed by atoms with Crippen molar-refractivity contribution >= 4 is 35.8 Å². The third-order valence-electron chi connectivity index (χ3n) is 3.78. The van der Waals surface area contributed by atoms with E-state index in [-0.39, 0.29) is 35.3 Å². The summed E-state index contributed by atoms with van der Waals surface area (Å²) in [4.78, 5) is 18.3. The molecule has 2 N–H and O–H groups in total. The molecule has 1 aliphatic carbocycles. The minimum absolute atomic E-state index is 0. The summed E-state index contributed by atoms with van der Waals surface area (Å²) in [5, 5.41) is 6.56. The molecule has 1 saturated carbocycles. The number of carbonyl (C=O) groups excluding carboxylic acids is 1. The summed E-state index contributed by atoms with van der Waals surface area (Å²) in [5.41, 5.74) is -0.243. The Balaban J connectivity index is 0.00000361. The van der Waals surface area contributed by atoms with Gasteiger partial charge in [0.15, 0.2) is 5.96 Å². The Morgan fingerprint density at radius 2 is 1.85 bits per heavy atom. The van der Waals surface area contributed by atoms with Crippen molar-refractivity contribution in [3.8, 4) is 0 Å². The largest absolute Gasteiger partial charge is 0.356 e. The van der Waals surface area contributed by atoms with Gasteiger partial charge in [-0.25, -0.2) is 0 Å². The van der Waals surface area contributed by atoms with Gasteiger partial charge in [-0.15, -0.1) is 24.0 Å². The van der Waals surface area contributed by atoms with Gasteiger partial charge in [0.05, 0.1) is 5.41 Å². The zero-order valence-corrected chi connectivity index (χ0v) is 15.5. The molecule has 0 bridgehead atoms. The first kappa shape index (κ1) is 19.5. The third-order valence-corrected chi connectivity index (χ3v) is 3.78. The number of amides is 1. The molecular formula is C14H29IN4O. The molecule has 5 nitrogen and oxygen atoms in total. The summed E-state index contributed by atoms with van der Waals surface area (Å²) in [6.45, 7) is 3.69. The standard InChI is InChI=1S/C14H28N4O.HI/c1-5-10-16-13(15-2)17-11-14(8-6-7-9-14)12(19)18(3)4;/h5-11H2,1-4H3,(H2,15,16,17);1H. The first-order valence-corrected chi connectivity index (χ1v) is 7.22. The highest BCUT2D eigenvalue weighted by Crippen LogP contribution is 2.38. The Morgan fingerprint density at radius 3 is 2.30 bits per heavy atom. The lowest BCUT2D eigenvalue weighted by Gasteiger charge is -2.31. The maximum absolute atomic E-state index is 12.4. The van der Waals surface area contributed by atoms with Crippen molar-refractivity contribution in [3.05, 3.63) is 0 Å². The number of aliphatic imine (C=N–C) groups is 1. The van der Waals surface area contributed by atoms with Crippen LogP contribution < -0.4 is 10.6 Å². The van der Waals surface area contributed by atoms with Gasteiger partial charge < -0.3 is 15.5 Å². The van der Waals surface area contributed by atoms with E-state index in [0.29, 0.717) is 6.54 Å². The quantitative estimate of drug-likeness (QED) is 0.424. The van der Waals surface area contributed by atoms with E-state index in [1.54, 1.807) is 11.9 Å². The summed E-state index contributed by atoms with van der Waals surface area (Å²) in [6, 6.07) is 0. The first-order chi connectivity index (χ1) is 9.05. The van der Waals surface area contributed by atoms with Crippen LogP contribution in [0, 0.1) is 5.41 Å². The average molecular weight is 396 g/mol. The van der Waals surface area contributed by atoms with E-state index in [0.717, 1.165) is 44.6 Å². The molecular weight excluding hydrogens is 367 g/mol. The predicted molar refractivity (Wildman–Crippen MR) is 94.7 cm³/mol. The second-order valence-electron chi connectivity index (χ2n) is 5.54. The Labute approximate surface area is 140 Å². The highest BCUT2D eigenvalue weighted by Gasteiger charge is 2.41. The van der Waals surface area contributed by atoms with E-state index < -0.39 is 0 Å². The van der Waals surface area contributed by atoms with E-state index in [2.05, 4.69) is 22.5 Å². The number of hydrogen-bond donors (Lipinski definition) is 2. The Kier molecular flexibility index (Phi) is 9.16. The van der Waals surface area contributed by atoms with Crippen LogP contribution in [0.2, 0.25) is 0 Å². The predicted octanol–water partition coefficient (Wildman–Crippen LogP) is 1.83. The van der Waals surface area contributed by atoms with E-state index in [1.807, 2.05) is 14.1 Å². The van der Waals surface area contributed by atoms with Crippen LogP contribution in [0.4, 0.5) is 0 Å². The summed E-state index contributed by atoms with van der Waals surface area (Å²) in [5.74, 6) is 1.03. The number of carbonyl (C=O) groups is 1. The maximum atomic E-state index is 12.4. The van der Waals surface area contributed by atoms with E-state index in [1.165, 1.54) is 0 Å². The topological polar surface area (TPSA) is 56.7 Å². The fourth-order valence-electron chi connectivity index (χ4n) is 2.71. The number of halogens is 1. The minimum Gasteiger partial charge on any atom is -0.356 e. The molecule has 0 spiro atoms. The second-order valence-corrected chi connectivity index (χ2v) is 5.54. The van der Waals surface area contributed by atoms with Crippen molar-refractivity contribution < 1.29 is 4.79 Å². The molecule has 0 aliphatic heterocycles. The van der Waals surface area contributed by atoms with Gasteiger partial charge in [0.25, 0.3) is 0 Å². The van der Waals surface area contributed by atoms with Crippen LogP contribution >= 0.6 is 24.0 Å². The zero-order chi connectivity index (χ0) is 14.3. The van der Waals surface area contributed by atoms with E-state index >= 15 is 0 Å². The van der Waals surface area contributed by atoms with Gasteiger partial charge >= 0.3 is 0 Å². The Bertz CT molecular complexity index is 325. The zero-order valence-electron chi connectivity index (χ0n) is 13.2. The van der Waals surface area contributed by atoms with Gasteiger partial charge in [0, 0.05) is 34.2 Å². The van der Waals surface area contributed by atoms with Gasteiger partial charge in [0.2, 0.25) is 5.91 Å². The lowest BCUT2D eigenvalue weighted by atomic mass is 9.84. The SMILES string of the molecule is CCCNC(=NC)NCC1(C(=O)N(C)C)CCCC1.I. The highest BCUT2D eigenvalue weighted by molar-refractivity contribution is 14.0. The lowest BCUT2D eigenvalue weighted by Crippen LogP contribution is -2.49. The third kappa shape index (κ3) is 5.10. The molecule has 0 atom stereocenters. The molecule has 0 saturated heterocycles. The summed E-state index contributed by atoms with van der Waals surface area (Å²) >= 11 is 0. The normalized spacial score (nSPS) is 17.3. The van der Waals surface area contributed by atoms with Crippen molar-refractivity contribution in [2.45, 2.75) is 39.0 Å². The molecule has 0 aromatic carbocycles.